The average molecular weight is 232 g/mol. The van der Waals surface area contributed by atoms with E-state index in [-0.39, 0.29) is 6.04 Å². The molecular formula is C13H16N2S. The fourth-order valence-electron chi connectivity index (χ4n) is 1.63. The van der Waals surface area contributed by atoms with E-state index in [9.17, 15) is 0 Å². The van der Waals surface area contributed by atoms with Gasteiger partial charge in [-0.25, -0.2) is 4.98 Å². The number of benzene rings is 1. The molecule has 0 aliphatic rings. The highest BCUT2D eigenvalue weighted by Gasteiger charge is 2.13. The van der Waals surface area contributed by atoms with Crippen LogP contribution < -0.4 is 5.73 Å². The van der Waals surface area contributed by atoms with Gasteiger partial charge < -0.3 is 5.73 Å². The van der Waals surface area contributed by atoms with E-state index >= 15 is 0 Å². The molecule has 0 aliphatic carbocycles. The second kappa shape index (κ2) is 4.76. The summed E-state index contributed by atoms with van der Waals surface area (Å²) in [5.41, 5.74) is 8.16. The molecule has 1 aromatic heterocycles. The SMILES string of the molecule is CCc1sc(C(C)N)nc1-c1ccccc1. The molecule has 0 aliphatic heterocycles. The third kappa shape index (κ3) is 2.15. The third-order valence-corrected chi connectivity index (χ3v) is 3.87. The van der Waals surface area contributed by atoms with Gasteiger partial charge in [-0.05, 0) is 13.3 Å². The maximum absolute atomic E-state index is 5.88. The number of hydrogen-bond donors (Lipinski definition) is 1. The zero-order chi connectivity index (χ0) is 11.5. The van der Waals surface area contributed by atoms with Crippen molar-refractivity contribution in [3.8, 4) is 11.3 Å². The summed E-state index contributed by atoms with van der Waals surface area (Å²) in [6, 6.07) is 10.3. The first-order valence-electron chi connectivity index (χ1n) is 5.53. The first-order valence-corrected chi connectivity index (χ1v) is 6.34. The van der Waals surface area contributed by atoms with Crippen molar-refractivity contribution in [2.45, 2.75) is 26.3 Å². The first-order chi connectivity index (χ1) is 7.72. The fraction of sp³-hybridized carbons (Fsp3) is 0.308. The van der Waals surface area contributed by atoms with Crippen LogP contribution in [-0.4, -0.2) is 4.98 Å². The number of aryl methyl sites for hydroxylation is 1. The van der Waals surface area contributed by atoms with Gasteiger partial charge in [0.25, 0.3) is 0 Å². The number of nitrogens with two attached hydrogens (primary N) is 1. The maximum atomic E-state index is 5.88. The second-order valence-electron chi connectivity index (χ2n) is 3.83. The van der Waals surface area contributed by atoms with Crippen LogP contribution >= 0.6 is 11.3 Å². The first kappa shape index (κ1) is 11.3. The lowest BCUT2D eigenvalue weighted by molar-refractivity contribution is 0.808. The summed E-state index contributed by atoms with van der Waals surface area (Å²) in [7, 11) is 0. The summed E-state index contributed by atoms with van der Waals surface area (Å²) in [6.45, 7) is 4.14. The van der Waals surface area contributed by atoms with Gasteiger partial charge in [-0.15, -0.1) is 11.3 Å². The molecule has 0 spiro atoms. The minimum atomic E-state index is 0.0211. The summed E-state index contributed by atoms with van der Waals surface area (Å²) in [5.74, 6) is 0. The molecule has 0 bridgehead atoms. The van der Waals surface area contributed by atoms with E-state index in [1.54, 1.807) is 11.3 Å². The zero-order valence-corrected chi connectivity index (χ0v) is 10.4. The van der Waals surface area contributed by atoms with Gasteiger partial charge in [0, 0.05) is 10.4 Å². The molecule has 2 rings (SSSR count). The topological polar surface area (TPSA) is 38.9 Å². The molecule has 2 nitrogen and oxygen atoms in total. The van der Waals surface area contributed by atoms with Crippen LogP contribution in [0.15, 0.2) is 30.3 Å². The number of nitrogens with zero attached hydrogens (tertiary/aromatic N) is 1. The van der Waals surface area contributed by atoms with E-state index in [2.05, 4.69) is 24.0 Å². The Morgan fingerprint density at radius 3 is 2.56 bits per heavy atom. The molecule has 2 aromatic rings. The van der Waals surface area contributed by atoms with Crippen LogP contribution in [0.1, 0.15) is 29.8 Å². The Kier molecular flexibility index (Phi) is 3.36. The molecule has 16 heavy (non-hydrogen) atoms. The van der Waals surface area contributed by atoms with E-state index < -0.39 is 0 Å². The Balaban J connectivity index is 2.48. The van der Waals surface area contributed by atoms with Gasteiger partial charge in [0.15, 0.2) is 0 Å². The molecule has 1 unspecified atom stereocenters. The predicted octanol–water partition coefficient (Wildman–Crippen LogP) is 3.39. The molecule has 0 saturated carbocycles. The number of hydrogen-bond acceptors (Lipinski definition) is 3. The molecule has 84 valence electrons. The molecule has 1 heterocycles. The van der Waals surface area contributed by atoms with Gasteiger partial charge in [-0.2, -0.15) is 0 Å². The van der Waals surface area contributed by atoms with Crippen molar-refractivity contribution in [2.24, 2.45) is 5.73 Å². The lowest BCUT2D eigenvalue weighted by Gasteiger charge is -1.99. The highest BCUT2D eigenvalue weighted by atomic mass is 32.1. The van der Waals surface area contributed by atoms with Crippen molar-refractivity contribution in [1.82, 2.24) is 4.98 Å². The monoisotopic (exact) mass is 232 g/mol. The predicted molar refractivity (Wildman–Crippen MR) is 69.5 cm³/mol. The van der Waals surface area contributed by atoms with Gasteiger partial charge in [-0.1, -0.05) is 37.3 Å². The largest absolute Gasteiger partial charge is 0.322 e. The van der Waals surface area contributed by atoms with Crippen molar-refractivity contribution in [3.63, 3.8) is 0 Å². The molecule has 0 amide bonds. The molecule has 3 heteroatoms. The van der Waals surface area contributed by atoms with Crippen LogP contribution in [-0.2, 0) is 6.42 Å². The van der Waals surface area contributed by atoms with E-state index in [1.165, 1.54) is 10.4 Å². The molecular weight excluding hydrogens is 216 g/mol. The minimum Gasteiger partial charge on any atom is -0.322 e. The molecule has 1 atom stereocenters. The maximum Gasteiger partial charge on any atom is 0.110 e. The van der Waals surface area contributed by atoms with Crippen LogP contribution in [0.2, 0.25) is 0 Å². The van der Waals surface area contributed by atoms with E-state index in [4.69, 9.17) is 5.73 Å². The Hall–Kier alpha value is -1.19. The lowest BCUT2D eigenvalue weighted by atomic mass is 10.1. The molecule has 1 aromatic carbocycles. The van der Waals surface area contributed by atoms with Crippen LogP contribution in [0, 0.1) is 0 Å². The summed E-state index contributed by atoms with van der Waals surface area (Å²) < 4.78 is 0. The summed E-state index contributed by atoms with van der Waals surface area (Å²) >= 11 is 1.73. The highest BCUT2D eigenvalue weighted by molar-refractivity contribution is 7.12. The van der Waals surface area contributed by atoms with Gasteiger partial charge in [-0.3, -0.25) is 0 Å². The Bertz CT molecular complexity index is 460. The smallest absolute Gasteiger partial charge is 0.110 e. The summed E-state index contributed by atoms with van der Waals surface area (Å²) in [6.07, 6.45) is 1.01. The van der Waals surface area contributed by atoms with E-state index in [0.29, 0.717) is 0 Å². The van der Waals surface area contributed by atoms with Crippen molar-refractivity contribution in [2.75, 3.05) is 0 Å². The Morgan fingerprint density at radius 1 is 1.31 bits per heavy atom. The van der Waals surface area contributed by atoms with Crippen LogP contribution in [0.4, 0.5) is 0 Å². The number of thiazole rings is 1. The average Bonchev–Trinajstić information content (AvgIpc) is 2.74. The third-order valence-electron chi connectivity index (χ3n) is 2.47. The summed E-state index contributed by atoms with van der Waals surface area (Å²) in [4.78, 5) is 5.96. The summed E-state index contributed by atoms with van der Waals surface area (Å²) in [5, 5.41) is 1.02. The van der Waals surface area contributed by atoms with Crippen LogP contribution in [0.5, 0.6) is 0 Å². The number of rotatable bonds is 3. The molecule has 0 radical (unpaired) electrons. The quantitative estimate of drug-likeness (QED) is 0.881. The van der Waals surface area contributed by atoms with Gasteiger partial charge >= 0.3 is 0 Å². The van der Waals surface area contributed by atoms with Gasteiger partial charge in [0.05, 0.1) is 11.7 Å². The normalized spacial score (nSPS) is 12.7. The standard InChI is InChI=1S/C13H16N2S/c1-3-11-12(10-7-5-4-6-8-10)15-13(16-11)9(2)14/h4-9H,3,14H2,1-2H3. The van der Waals surface area contributed by atoms with Gasteiger partial charge in [0.1, 0.15) is 5.01 Å². The van der Waals surface area contributed by atoms with Gasteiger partial charge in [0.2, 0.25) is 0 Å². The Labute approximate surface area is 100 Å². The zero-order valence-electron chi connectivity index (χ0n) is 9.60. The van der Waals surface area contributed by atoms with Crippen molar-refractivity contribution < 1.29 is 0 Å². The van der Waals surface area contributed by atoms with E-state index in [1.807, 2.05) is 25.1 Å². The number of aromatic nitrogens is 1. The van der Waals surface area contributed by atoms with Crippen molar-refractivity contribution >= 4 is 11.3 Å². The molecule has 0 saturated heterocycles. The minimum absolute atomic E-state index is 0.0211. The molecule has 0 fully saturated rings. The van der Waals surface area contributed by atoms with Crippen molar-refractivity contribution in [3.05, 3.63) is 40.2 Å². The van der Waals surface area contributed by atoms with Crippen LogP contribution in [0.3, 0.4) is 0 Å². The van der Waals surface area contributed by atoms with Crippen LogP contribution in [0.25, 0.3) is 11.3 Å². The van der Waals surface area contributed by atoms with E-state index in [0.717, 1.165) is 17.1 Å². The Morgan fingerprint density at radius 2 is 2.00 bits per heavy atom. The lowest BCUT2D eigenvalue weighted by Crippen LogP contribution is -2.03. The molecule has 2 N–H and O–H groups in total. The van der Waals surface area contributed by atoms with Crippen molar-refractivity contribution in [1.29, 1.82) is 0 Å². The fourth-order valence-corrected chi connectivity index (χ4v) is 2.61. The highest BCUT2D eigenvalue weighted by Crippen LogP contribution is 2.30. The second-order valence-corrected chi connectivity index (χ2v) is 4.95.